The molecule has 2 heterocycles. The number of nitrogens with zero attached hydrogens (tertiary/aromatic N) is 1. The molecule has 1 aromatic heterocycles. The molecule has 21 heavy (non-hydrogen) atoms. The molecule has 0 aliphatic carbocycles. The van der Waals surface area contributed by atoms with Crippen molar-refractivity contribution in [1.29, 1.82) is 0 Å². The highest BCUT2D eigenvalue weighted by Crippen LogP contribution is 2.27. The molecule has 0 fully saturated rings. The number of halogens is 1. The number of aromatic nitrogens is 1. The van der Waals surface area contributed by atoms with Crippen LogP contribution in [-0.4, -0.2) is 24.1 Å². The van der Waals surface area contributed by atoms with Gasteiger partial charge in [-0.1, -0.05) is 23.5 Å². The minimum absolute atomic E-state index is 0.0551. The fourth-order valence-corrected chi connectivity index (χ4v) is 2.90. The highest BCUT2D eigenvalue weighted by atomic mass is 32.1. The van der Waals surface area contributed by atoms with Crippen LogP contribution in [0.5, 0.6) is 5.75 Å². The van der Waals surface area contributed by atoms with E-state index in [1.807, 2.05) is 0 Å². The molecule has 0 saturated carbocycles. The Balaban J connectivity index is 1.57. The number of thiazole rings is 1. The molecule has 0 spiro atoms. The highest BCUT2D eigenvalue weighted by Gasteiger charge is 2.17. The topological polar surface area (TPSA) is 60.5 Å². The highest BCUT2D eigenvalue weighted by molar-refractivity contribution is 7.15. The van der Waals surface area contributed by atoms with Crippen molar-refractivity contribution in [1.82, 2.24) is 4.98 Å². The van der Waals surface area contributed by atoms with Gasteiger partial charge < -0.3 is 9.47 Å². The maximum atomic E-state index is 13.3. The number of para-hydroxylation sites is 1. The fourth-order valence-electron chi connectivity index (χ4n) is 1.94. The van der Waals surface area contributed by atoms with Crippen molar-refractivity contribution in [2.24, 2.45) is 0 Å². The summed E-state index contributed by atoms with van der Waals surface area (Å²) in [6.45, 7) is 0.927. The Morgan fingerprint density at radius 3 is 3.14 bits per heavy atom. The third-order valence-corrected chi connectivity index (χ3v) is 3.92. The summed E-state index contributed by atoms with van der Waals surface area (Å²) in [7, 11) is 0. The van der Waals surface area contributed by atoms with Crippen molar-refractivity contribution >= 4 is 22.4 Å². The molecule has 0 atom stereocenters. The van der Waals surface area contributed by atoms with Gasteiger partial charge in [-0.2, -0.15) is 0 Å². The van der Waals surface area contributed by atoms with E-state index in [1.54, 1.807) is 12.1 Å². The number of hydrogen-bond donors (Lipinski definition) is 1. The Morgan fingerprint density at radius 2 is 2.33 bits per heavy atom. The maximum absolute atomic E-state index is 13.3. The standard InChI is InChI=1S/C14H13FN2O3S/c15-9-3-1-2-4-11(9)20-8-13(18)17-14-16-10-5-6-19-7-12(10)21-14/h1-4H,5-8H2,(H,16,17,18). The first-order valence-corrected chi connectivity index (χ1v) is 7.27. The molecule has 0 saturated heterocycles. The normalized spacial score (nSPS) is 13.6. The summed E-state index contributed by atoms with van der Waals surface area (Å²) in [5.41, 5.74) is 0.969. The molecule has 1 aromatic carbocycles. The van der Waals surface area contributed by atoms with Crippen LogP contribution in [0.4, 0.5) is 9.52 Å². The molecule has 1 aliphatic rings. The van der Waals surface area contributed by atoms with E-state index in [9.17, 15) is 9.18 Å². The first kappa shape index (κ1) is 14.0. The minimum Gasteiger partial charge on any atom is -0.481 e. The van der Waals surface area contributed by atoms with E-state index in [0.717, 1.165) is 17.0 Å². The molecule has 0 bridgehead atoms. The van der Waals surface area contributed by atoms with Gasteiger partial charge in [0.1, 0.15) is 0 Å². The van der Waals surface area contributed by atoms with Crippen LogP contribution in [0.2, 0.25) is 0 Å². The van der Waals surface area contributed by atoms with Gasteiger partial charge in [0.2, 0.25) is 0 Å². The second kappa shape index (κ2) is 6.19. The number of amides is 1. The number of ether oxygens (including phenoxy) is 2. The van der Waals surface area contributed by atoms with Crippen LogP contribution < -0.4 is 10.1 Å². The molecule has 1 amide bonds. The van der Waals surface area contributed by atoms with E-state index >= 15 is 0 Å². The fraction of sp³-hybridized carbons (Fsp3) is 0.286. The van der Waals surface area contributed by atoms with Crippen LogP contribution in [0.3, 0.4) is 0 Å². The van der Waals surface area contributed by atoms with Crippen molar-refractivity contribution in [3.8, 4) is 5.75 Å². The Bertz CT molecular complexity index is 636. The van der Waals surface area contributed by atoms with Gasteiger partial charge in [0.05, 0.1) is 23.8 Å². The quantitative estimate of drug-likeness (QED) is 0.942. The van der Waals surface area contributed by atoms with Crippen LogP contribution in [0.1, 0.15) is 10.6 Å². The van der Waals surface area contributed by atoms with Crippen molar-refractivity contribution in [2.75, 3.05) is 18.5 Å². The summed E-state index contributed by atoms with van der Waals surface area (Å²) in [6, 6.07) is 5.96. The lowest BCUT2D eigenvalue weighted by Crippen LogP contribution is -2.20. The zero-order valence-electron chi connectivity index (χ0n) is 11.1. The molecular formula is C14H13FN2O3S. The van der Waals surface area contributed by atoms with Crippen LogP contribution >= 0.6 is 11.3 Å². The molecule has 3 rings (SSSR count). The van der Waals surface area contributed by atoms with Crippen LogP contribution in [-0.2, 0) is 22.6 Å². The average Bonchev–Trinajstić information content (AvgIpc) is 2.88. The largest absolute Gasteiger partial charge is 0.481 e. The first-order chi connectivity index (χ1) is 10.2. The van der Waals surface area contributed by atoms with Gasteiger partial charge in [0.15, 0.2) is 23.3 Å². The number of anilines is 1. The number of nitrogens with one attached hydrogen (secondary N) is 1. The third-order valence-electron chi connectivity index (χ3n) is 2.94. The monoisotopic (exact) mass is 308 g/mol. The average molecular weight is 308 g/mol. The van der Waals surface area contributed by atoms with Crippen molar-refractivity contribution < 1.29 is 18.7 Å². The van der Waals surface area contributed by atoms with Crippen LogP contribution in [0, 0.1) is 5.82 Å². The van der Waals surface area contributed by atoms with Gasteiger partial charge in [-0.05, 0) is 12.1 Å². The van der Waals surface area contributed by atoms with Crippen molar-refractivity contribution in [2.45, 2.75) is 13.0 Å². The second-order valence-corrected chi connectivity index (χ2v) is 5.54. The summed E-state index contributed by atoms with van der Waals surface area (Å²) in [5.74, 6) is -0.808. The summed E-state index contributed by atoms with van der Waals surface area (Å²) in [5, 5.41) is 3.18. The zero-order valence-corrected chi connectivity index (χ0v) is 11.9. The van der Waals surface area contributed by atoms with Gasteiger partial charge in [0.25, 0.3) is 5.91 Å². The van der Waals surface area contributed by atoms with Gasteiger partial charge >= 0.3 is 0 Å². The van der Waals surface area contributed by atoms with E-state index < -0.39 is 5.82 Å². The molecule has 2 aromatic rings. The Morgan fingerprint density at radius 1 is 1.48 bits per heavy atom. The van der Waals surface area contributed by atoms with Crippen molar-refractivity contribution in [3.05, 3.63) is 40.7 Å². The Labute approximate surface area is 124 Å². The Hall–Kier alpha value is -1.99. The molecule has 7 heteroatoms. The van der Waals surface area contributed by atoms with Crippen LogP contribution in [0.25, 0.3) is 0 Å². The predicted octanol–water partition coefficient (Wildman–Crippen LogP) is 2.37. The number of carbonyl (C=O) groups is 1. The van der Waals surface area contributed by atoms with E-state index in [-0.39, 0.29) is 18.3 Å². The lowest BCUT2D eigenvalue weighted by atomic mass is 10.2. The predicted molar refractivity (Wildman–Crippen MR) is 76.0 cm³/mol. The van der Waals surface area contributed by atoms with Crippen molar-refractivity contribution in [3.63, 3.8) is 0 Å². The van der Waals surface area contributed by atoms with Gasteiger partial charge in [0, 0.05) is 6.42 Å². The number of carbonyl (C=O) groups excluding carboxylic acids is 1. The molecule has 1 N–H and O–H groups in total. The lowest BCUT2D eigenvalue weighted by Gasteiger charge is -2.08. The molecule has 110 valence electrons. The van der Waals surface area contributed by atoms with Crippen LogP contribution in [0.15, 0.2) is 24.3 Å². The summed E-state index contributed by atoms with van der Waals surface area (Å²) >= 11 is 1.39. The van der Waals surface area contributed by atoms with E-state index in [0.29, 0.717) is 18.3 Å². The number of fused-ring (bicyclic) bond motifs is 1. The molecule has 5 nitrogen and oxygen atoms in total. The van der Waals surface area contributed by atoms with E-state index in [2.05, 4.69) is 10.3 Å². The number of hydrogen-bond acceptors (Lipinski definition) is 5. The van der Waals surface area contributed by atoms with Gasteiger partial charge in [-0.15, -0.1) is 0 Å². The maximum Gasteiger partial charge on any atom is 0.264 e. The summed E-state index contributed by atoms with van der Waals surface area (Å²) < 4.78 is 23.8. The smallest absolute Gasteiger partial charge is 0.264 e. The molecule has 1 aliphatic heterocycles. The Kier molecular flexibility index (Phi) is 4.12. The molecule has 0 unspecified atom stereocenters. The molecular weight excluding hydrogens is 295 g/mol. The number of rotatable bonds is 4. The van der Waals surface area contributed by atoms with E-state index in [1.165, 1.54) is 23.5 Å². The lowest BCUT2D eigenvalue weighted by molar-refractivity contribution is -0.118. The SMILES string of the molecule is O=C(COc1ccccc1F)Nc1nc2c(s1)COCC2. The minimum atomic E-state index is -0.493. The van der Waals surface area contributed by atoms with E-state index in [4.69, 9.17) is 9.47 Å². The summed E-state index contributed by atoms with van der Waals surface area (Å²) in [4.78, 5) is 17.2. The van der Waals surface area contributed by atoms with Gasteiger partial charge in [-0.3, -0.25) is 10.1 Å². The number of benzene rings is 1. The molecule has 0 radical (unpaired) electrons. The third kappa shape index (κ3) is 3.37. The summed E-state index contributed by atoms with van der Waals surface area (Å²) in [6.07, 6.45) is 0.757. The van der Waals surface area contributed by atoms with Gasteiger partial charge in [-0.25, -0.2) is 9.37 Å². The zero-order chi connectivity index (χ0) is 14.7. The first-order valence-electron chi connectivity index (χ1n) is 6.46. The second-order valence-electron chi connectivity index (χ2n) is 4.46.